The molecule has 0 aliphatic rings. The maximum Gasteiger partial charge on any atom is 0.343 e. The largest absolute Gasteiger partial charge is 0.481 e. The molecule has 0 aliphatic heterocycles. The summed E-state index contributed by atoms with van der Waals surface area (Å²) < 4.78 is 25.5. The minimum Gasteiger partial charge on any atom is -0.481 e. The molecule has 0 fully saturated rings. The van der Waals surface area contributed by atoms with Gasteiger partial charge in [-0.3, -0.25) is 0 Å². The Kier molecular flexibility index (Phi) is 5.72. The van der Waals surface area contributed by atoms with Crippen molar-refractivity contribution in [3.8, 4) is 5.88 Å². The maximum absolute atomic E-state index is 13.7. The van der Waals surface area contributed by atoms with Gasteiger partial charge in [0.25, 0.3) is 0 Å². The molecule has 0 spiro atoms. The number of nitrogens with zero attached hydrogens (tertiary/aromatic N) is 5. The van der Waals surface area contributed by atoms with Crippen molar-refractivity contribution in [1.29, 1.82) is 0 Å². The lowest BCUT2D eigenvalue weighted by atomic mass is 10.2. The fourth-order valence-corrected chi connectivity index (χ4v) is 2.85. The van der Waals surface area contributed by atoms with E-state index in [9.17, 15) is 9.18 Å². The number of hydrogen-bond acceptors (Lipinski definition) is 7. The average Bonchev–Trinajstić information content (AvgIpc) is 3.09. The SMILES string of the molecule is CCOC(=O)c1cnn2ccc(N(Cc3cc(F)cnc3OC)C(C)C)nc12. The van der Waals surface area contributed by atoms with Crippen LogP contribution in [0.25, 0.3) is 5.65 Å². The number of methoxy groups -OCH3 is 1. The molecule has 148 valence electrons. The maximum atomic E-state index is 13.7. The molecule has 0 bridgehead atoms. The van der Waals surface area contributed by atoms with Gasteiger partial charge in [-0.05, 0) is 32.9 Å². The Hall–Kier alpha value is -3.23. The van der Waals surface area contributed by atoms with Crippen molar-refractivity contribution in [2.45, 2.75) is 33.4 Å². The molecule has 0 saturated heterocycles. The van der Waals surface area contributed by atoms with Gasteiger partial charge in [0.05, 0.1) is 32.7 Å². The van der Waals surface area contributed by atoms with Crippen molar-refractivity contribution in [3.63, 3.8) is 0 Å². The Morgan fingerprint density at radius 2 is 2.14 bits per heavy atom. The number of pyridine rings is 1. The molecule has 0 N–H and O–H groups in total. The first-order chi connectivity index (χ1) is 13.4. The van der Waals surface area contributed by atoms with Crippen LogP contribution in [0.3, 0.4) is 0 Å². The molecule has 28 heavy (non-hydrogen) atoms. The minimum absolute atomic E-state index is 0.0388. The highest BCUT2D eigenvalue weighted by Crippen LogP contribution is 2.24. The van der Waals surface area contributed by atoms with E-state index in [0.29, 0.717) is 29.5 Å². The predicted molar refractivity (Wildman–Crippen MR) is 101 cm³/mol. The molecule has 3 heterocycles. The Morgan fingerprint density at radius 1 is 1.36 bits per heavy atom. The number of rotatable bonds is 7. The smallest absolute Gasteiger partial charge is 0.343 e. The third-order valence-corrected chi connectivity index (χ3v) is 4.19. The Morgan fingerprint density at radius 3 is 2.82 bits per heavy atom. The van der Waals surface area contributed by atoms with E-state index in [2.05, 4.69) is 15.1 Å². The molecule has 3 rings (SSSR count). The van der Waals surface area contributed by atoms with Gasteiger partial charge in [-0.1, -0.05) is 0 Å². The highest BCUT2D eigenvalue weighted by Gasteiger charge is 2.20. The van der Waals surface area contributed by atoms with Gasteiger partial charge in [0.2, 0.25) is 5.88 Å². The molecule has 3 aromatic heterocycles. The number of aromatic nitrogens is 4. The molecule has 0 amide bonds. The molecule has 0 atom stereocenters. The lowest BCUT2D eigenvalue weighted by Crippen LogP contribution is -2.31. The standard InChI is InChI=1S/C19H22FN5O3/c1-5-28-19(26)15-10-22-25-7-6-16(23-17(15)25)24(12(2)3)11-13-8-14(20)9-21-18(13)27-4/h6-10,12H,5,11H2,1-4H3. The van der Waals surface area contributed by atoms with Crippen molar-refractivity contribution in [1.82, 2.24) is 19.6 Å². The first-order valence-corrected chi connectivity index (χ1v) is 8.91. The van der Waals surface area contributed by atoms with Crippen LogP contribution < -0.4 is 9.64 Å². The number of esters is 1. The van der Waals surface area contributed by atoms with E-state index in [1.807, 2.05) is 18.7 Å². The molecule has 8 nitrogen and oxygen atoms in total. The molecule has 0 unspecified atom stereocenters. The third-order valence-electron chi connectivity index (χ3n) is 4.19. The van der Waals surface area contributed by atoms with Crippen molar-refractivity contribution in [2.75, 3.05) is 18.6 Å². The molecule has 0 aliphatic carbocycles. The zero-order valence-electron chi connectivity index (χ0n) is 16.2. The van der Waals surface area contributed by atoms with Gasteiger partial charge in [-0.15, -0.1) is 0 Å². The summed E-state index contributed by atoms with van der Waals surface area (Å²) in [6.45, 7) is 6.32. The van der Waals surface area contributed by atoms with E-state index in [1.54, 1.807) is 19.2 Å². The minimum atomic E-state index is -0.478. The van der Waals surface area contributed by atoms with Crippen molar-refractivity contribution < 1.29 is 18.7 Å². The van der Waals surface area contributed by atoms with Crippen LogP contribution in [0, 0.1) is 5.82 Å². The zero-order valence-corrected chi connectivity index (χ0v) is 16.2. The van der Waals surface area contributed by atoms with Crippen molar-refractivity contribution in [3.05, 3.63) is 47.7 Å². The third kappa shape index (κ3) is 3.88. The first kappa shape index (κ1) is 19.5. The van der Waals surface area contributed by atoms with Gasteiger partial charge in [-0.25, -0.2) is 23.7 Å². The topological polar surface area (TPSA) is 81.8 Å². The Bertz CT molecular complexity index is 989. The van der Waals surface area contributed by atoms with Crippen LogP contribution in [0.15, 0.2) is 30.7 Å². The summed E-state index contributed by atoms with van der Waals surface area (Å²) in [5.41, 5.74) is 1.28. The number of hydrogen-bond donors (Lipinski definition) is 0. The summed E-state index contributed by atoms with van der Waals surface area (Å²) in [6.07, 6.45) is 4.27. The van der Waals surface area contributed by atoms with Crippen LogP contribution in [0.1, 0.15) is 36.7 Å². The Labute approximate surface area is 161 Å². The number of carbonyl (C=O) groups excluding carboxylic acids is 1. The molecule has 3 aromatic rings. The van der Waals surface area contributed by atoms with Crippen LogP contribution in [0.4, 0.5) is 10.2 Å². The summed E-state index contributed by atoms with van der Waals surface area (Å²) in [7, 11) is 1.49. The second kappa shape index (κ2) is 8.20. The van der Waals surface area contributed by atoms with E-state index in [4.69, 9.17) is 9.47 Å². The summed E-state index contributed by atoms with van der Waals surface area (Å²) in [5.74, 6) is 0.0436. The highest BCUT2D eigenvalue weighted by molar-refractivity contribution is 5.95. The van der Waals surface area contributed by atoms with Gasteiger partial charge >= 0.3 is 5.97 Å². The lowest BCUT2D eigenvalue weighted by molar-refractivity contribution is 0.0528. The van der Waals surface area contributed by atoms with Gasteiger partial charge < -0.3 is 14.4 Å². The van der Waals surface area contributed by atoms with E-state index in [-0.39, 0.29) is 18.2 Å². The fraction of sp³-hybridized carbons (Fsp3) is 0.368. The van der Waals surface area contributed by atoms with Crippen molar-refractivity contribution in [2.24, 2.45) is 0 Å². The fourth-order valence-electron chi connectivity index (χ4n) is 2.85. The average molecular weight is 387 g/mol. The molecule has 0 radical (unpaired) electrons. The van der Waals surface area contributed by atoms with Gasteiger partial charge in [0.1, 0.15) is 17.2 Å². The van der Waals surface area contributed by atoms with Gasteiger partial charge in [0, 0.05) is 17.8 Å². The van der Waals surface area contributed by atoms with Crippen LogP contribution in [-0.2, 0) is 11.3 Å². The van der Waals surface area contributed by atoms with Crippen LogP contribution in [0.2, 0.25) is 0 Å². The highest BCUT2D eigenvalue weighted by atomic mass is 19.1. The second-order valence-electron chi connectivity index (χ2n) is 6.38. The molecule has 0 aromatic carbocycles. The van der Waals surface area contributed by atoms with Gasteiger partial charge in [0.15, 0.2) is 5.65 Å². The second-order valence-corrected chi connectivity index (χ2v) is 6.38. The number of halogens is 1. The van der Waals surface area contributed by atoms with Gasteiger partial charge in [-0.2, -0.15) is 5.10 Å². The number of carbonyl (C=O) groups is 1. The van der Waals surface area contributed by atoms with E-state index in [0.717, 1.165) is 6.20 Å². The predicted octanol–water partition coefficient (Wildman–Crippen LogP) is 2.86. The normalized spacial score (nSPS) is 11.1. The number of fused-ring (bicyclic) bond motifs is 1. The molecular formula is C19H22FN5O3. The van der Waals surface area contributed by atoms with E-state index < -0.39 is 11.8 Å². The quantitative estimate of drug-likeness (QED) is 0.577. The molecule has 0 saturated carbocycles. The molecule has 9 heteroatoms. The van der Waals surface area contributed by atoms with Crippen molar-refractivity contribution >= 4 is 17.4 Å². The summed E-state index contributed by atoms with van der Waals surface area (Å²) >= 11 is 0. The summed E-state index contributed by atoms with van der Waals surface area (Å²) in [5, 5.41) is 4.15. The number of ether oxygens (including phenoxy) is 2. The first-order valence-electron chi connectivity index (χ1n) is 8.91. The van der Waals surface area contributed by atoms with E-state index in [1.165, 1.54) is 23.9 Å². The molecular weight excluding hydrogens is 365 g/mol. The lowest BCUT2D eigenvalue weighted by Gasteiger charge is -2.28. The van der Waals surface area contributed by atoms with E-state index >= 15 is 0 Å². The van der Waals surface area contributed by atoms with Crippen LogP contribution in [-0.4, -0.2) is 45.3 Å². The zero-order chi connectivity index (χ0) is 20.3. The Balaban J connectivity index is 2.01. The van der Waals surface area contributed by atoms with Crippen LogP contribution >= 0.6 is 0 Å². The summed E-state index contributed by atoms with van der Waals surface area (Å²) in [6, 6.07) is 3.22. The number of anilines is 1. The summed E-state index contributed by atoms with van der Waals surface area (Å²) in [4.78, 5) is 22.7. The monoisotopic (exact) mass is 387 g/mol. The van der Waals surface area contributed by atoms with Crippen LogP contribution in [0.5, 0.6) is 5.88 Å².